The van der Waals surface area contributed by atoms with E-state index in [2.05, 4.69) is 21.8 Å². The third-order valence-electron chi connectivity index (χ3n) is 3.88. The van der Waals surface area contributed by atoms with E-state index < -0.39 is 0 Å². The van der Waals surface area contributed by atoms with Crippen molar-refractivity contribution in [2.45, 2.75) is 18.9 Å². The highest BCUT2D eigenvalue weighted by Gasteiger charge is 2.23. The number of aromatic nitrogens is 1. The lowest BCUT2D eigenvalue weighted by molar-refractivity contribution is 0.311. The molecule has 1 atom stereocenters. The number of benzene rings is 1. The SMILES string of the molecule is CN(CC1CCCN1C)c1nc2cc(N)ccc2o1. The number of likely N-dealkylation sites (tertiary alicyclic amines) is 1. The number of rotatable bonds is 3. The molecule has 5 nitrogen and oxygen atoms in total. The molecule has 102 valence electrons. The van der Waals surface area contributed by atoms with Crippen molar-refractivity contribution in [3.63, 3.8) is 0 Å². The number of hydrogen-bond donors (Lipinski definition) is 1. The highest BCUT2D eigenvalue weighted by molar-refractivity contribution is 5.78. The summed E-state index contributed by atoms with van der Waals surface area (Å²) in [6, 6.07) is 6.81. The lowest BCUT2D eigenvalue weighted by atomic mass is 10.2. The second-order valence-electron chi connectivity index (χ2n) is 5.38. The summed E-state index contributed by atoms with van der Waals surface area (Å²) in [7, 11) is 4.21. The first kappa shape index (κ1) is 12.3. The minimum atomic E-state index is 0.588. The van der Waals surface area contributed by atoms with E-state index in [0.29, 0.717) is 17.7 Å². The van der Waals surface area contributed by atoms with E-state index in [1.54, 1.807) is 0 Å². The highest BCUT2D eigenvalue weighted by atomic mass is 16.4. The molecule has 19 heavy (non-hydrogen) atoms. The molecule has 0 aliphatic carbocycles. The Hall–Kier alpha value is -1.75. The van der Waals surface area contributed by atoms with Crippen LogP contribution in [0.4, 0.5) is 11.7 Å². The Bertz CT molecular complexity index is 580. The summed E-state index contributed by atoms with van der Waals surface area (Å²) in [5, 5.41) is 0. The molecule has 0 amide bonds. The Morgan fingerprint density at radius 3 is 3.11 bits per heavy atom. The molecule has 2 aromatic rings. The Labute approximate surface area is 113 Å². The molecule has 1 aromatic heterocycles. The molecule has 1 aliphatic heterocycles. The van der Waals surface area contributed by atoms with Crippen molar-refractivity contribution in [3.05, 3.63) is 18.2 Å². The Morgan fingerprint density at radius 2 is 2.37 bits per heavy atom. The predicted octanol–water partition coefficient (Wildman–Crippen LogP) is 1.94. The van der Waals surface area contributed by atoms with E-state index in [9.17, 15) is 0 Å². The van der Waals surface area contributed by atoms with Gasteiger partial charge in [0.05, 0.1) is 0 Å². The Morgan fingerprint density at radius 1 is 1.53 bits per heavy atom. The Balaban J connectivity index is 1.79. The molecule has 2 N–H and O–H groups in total. The first-order valence-corrected chi connectivity index (χ1v) is 6.71. The summed E-state index contributed by atoms with van der Waals surface area (Å²) in [6.07, 6.45) is 2.52. The number of nitrogens with zero attached hydrogens (tertiary/aromatic N) is 3. The number of hydrogen-bond acceptors (Lipinski definition) is 5. The van der Waals surface area contributed by atoms with Crippen molar-refractivity contribution in [1.82, 2.24) is 9.88 Å². The average Bonchev–Trinajstić information content (AvgIpc) is 2.96. The largest absolute Gasteiger partial charge is 0.423 e. The van der Waals surface area contributed by atoms with Gasteiger partial charge in [0.15, 0.2) is 5.58 Å². The van der Waals surface area contributed by atoms with Gasteiger partial charge < -0.3 is 20.0 Å². The van der Waals surface area contributed by atoms with Crippen LogP contribution in [0.15, 0.2) is 22.6 Å². The average molecular weight is 260 g/mol. The first-order chi connectivity index (χ1) is 9.13. The van der Waals surface area contributed by atoms with Crippen molar-refractivity contribution < 1.29 is 4.42 Å². The highest BCUT2D eigenvalue weighted by Crippen LogP contribution is 2.24. The van der Waals surface area contributed by atoms with E-state index in [1.807, 2.05) is 25.2 Å². The molecule has 0 radical (unpaired) electrons. The predicted molar refractivity (Wildman–Crippen MR) is 77.3 cm³/mol. The van der Waals surface area contributed by atoms with E-state index in [0.717, 1.165) is 17.6 Å². The van der Waals surface area contributed by atoms with Gasteiger partial charge in [-0.05, 0) is 44.6 Å². The van der Waals surface area contributed by atoms with Crippen LogP contribution in [0.3, 0.4) is 0 Å². The molecular formula is C14H20N4O. The van der Waals surface area contributed by atoms with Crippen LogP contribution in [0.5, 0.6) is 0 Å². The van der Waals surface area contributed by atoms with Crippen molar-refractivity contribution in [1.29, 1.82) is 0 Å². The normalized spacial score (nSPS) is 20.2. The van der Waals surface area contributed by atoms with Crippen LogP contribution in [0, 0.1) is 0 Å². The molecule has 0 bridgehead atoms. The summed E-state index contributed by atoms with van der Waals surface area (Å²) in [6.45, 7) is 2.13. The molecule has 1 aromatic carbocycles. The fourth-order valence-corrected chi connectivity index (χ4v) is 2.70. The summed E-state index contributed by atoms with van der Waals surface area (Å²) in [4.78, 5) is 8.99. The van der Waals surface area contributed by atoms with Crippen LogP contribution in [-0.4, -0.2) is 43.1 Å². The van der Waals surface area contributed by atoms with Gasteiger partial charge in [0.2, 0.25) is 0 Å². The zero-order valence-electron chi connectivity index (χ0n) is 11.5. The fraction of sp³-hybridized carbons (Fsp3) is 0.500. The number of nitrogens with two attached hydrogens (primary N) is 1. The molecule has 3 rings (SSSR count). The summed E-state index contributed by atoms with van der Waals surface area (Å²) in [5.41, 5.74) is 8.08. The van der Waals surface area contributed by atoms with Crippen molar-refractivity contribution in [3.8, 4) is 0 Å². The van der Waals surface area contributed by atoms with Crippen LogP contribution in [0.2, 0.25) is 0 Å². The second-order valence-corrected chi connectivity index (χ2v) is 5.38. The number of likely N-dealkylation sites (N-methyl/N-ethyl adjacent to an activating group) is 2. The van der Waals surface area contributed by atoms with Gasteiger partial charge >= 0.3 is 0 Å². The van der Waals surface area contributed by atoms with Gasteiger partial charge in [-0.2, -0.15) is 4.98 Å². The standard InChI is InChI=1S/C14H20N4O/c1-17-7-3-4-11(17)9-18(2)14-16-12-8-10(15)5-6-13(12)19-14/h5-6,8,11H,3-4,7,9,15H2,1-2H3. The topological polar surface area (TPSA) is 58.5 Å². The van der Waals surface area contributed by atoms with Gasteiger partial charge in [0.25, 0.3) is 6.01 Å². The molecule has 1 fully saturated rings. The van der Waals surface area contributed by atoms with E-state index in [1.165, 1.54) is 19.4 Å². The zero-order valence-corrected chi connectivity index (χ0v) is 11.5. The Kier molecular flexibility index (Phi) is 3.06. The molecule has 0 saturated carbocycles. The van der Waals surface area contributed by atoms with E-state index >= 15 is 0 Å². The van der Waals surface area contributed by atoms with E-state index in [4.69, 9.17) is 10.2 Å². The summed E-state index contributed by atoms with van der Waals surface area (Å²) >= 11 is 0. The van der Waals surface area contributed by atoms with Gasteiger partial charge in [-0.25, -0.2) is 0 Å². The molecule has 2 heterocycles. The van der Waals surface area contributed by atoms with Gasteiger partial charge in [-0.15, -0.1) is 0 Å². The van der Waals surface area contributed by atoms with Crippen LogP contribution >= 0.6 is 0 Å². The fourth-order valence-electron chi connectivity index (χ4n) is 2.70. The maximum atomic E-state index is 5.77. The monoisotopic (exact) mass is 260 g/mol. The van der Waals surface area contributed by atoms with Gasteiger partial charge in [-0.3, -0.25) is 0 Å². The number of nitrogen functional groups attached to an aromatic ring is 1. The number of oxazole rings is 1. The zero-order chi connectivity index (χ0) is 13.4. The third-order valence-corrected chi connectivity index (χ3v) is 3.88. The van der Waals surface area contributed by atoms with E-state index in [-0.39, 0.29) is 0 Å². The third kappa shape index (κ3) is 2.38. The first-order valence-electron chi connectivity index (χ1n) is 6.71. The second kappa shape index (κ2) is 4.74. The maximum Gasteiger partial charge on any atom is 0.298 e. The van der Waals surface area contributed by atoms with Crippen molar-refractivity contribution >= 4 is 22.8 Å². The van der Waals surface area contributed by atoms with Gasteiger partial charge in [0, 0.05) is 25.3 Å². The van der Waals surface area contributed by atoms with Crippen LogP contribution in [-0.2, 0) is 0 Å². The molecule has 5 heteroatoms. The molecule has 1 saturated heterocycles. The van der Waals surface area contributed by atoms with Crippen molar-refractivity contribution in [2.75, 3.05) is 37.8 Å². The minimum Gasteiger partial charge on any atom is -0.423 e. The quantitative estimate of drug-likeness (QED) is 0.855. The van der Waals surface area contributed by atoms with Crippen LogP contribution < -0.4 is 10.6 Å². The lowest BCUT2D eigenvalue weighted by Gasteiger charge is -2.24. The summed E-state index contributed by atoms with van der Waals surface area (Å²) < 4.78 is 5.77. The molecule has 1 unspecified atom stereocenters. The smallest absolute Gasteiger partial charge is 0.298 e. The molecular weight excluding hydrogens is 240 g/mol. The number of fused-ring (bicyclic) bond motifs is 1. The minimum absolute atomic E-state index is 0.588. The molecule has 1 aliphatic rings. The van der Waals surface area contributed by atoms with Crippen LogP contribution in [0.25, 0.3) is 11.1 Å². The molecule has 0 spiro atoms. The lowest BCUT2D eigenvalue weighted by Crippen LogP contribution is -2.36. The number of anilines is 2. The maximum absolute atomic E-state index is 5.77. The van der Waals surface area contributed by atoms with Gasteiger partial charge in [0.1, 0.15) is 5.52 Å². The van der Waals surface area contributed by atoms with Crippen LogP contribution in [0.1, 0.15) is 12.8 Å². The summed E-state index contributed by atoms with van der Waals surface area (Å²) in [5.74, 6) is 0. The van der Waals surface area contributed by atoms with Gasteiger partial charge in [-0.1, -0.05) is 0 Å². The van der Waals surface area contributed by atoms with Crippen molar-refractivity contribution in [2.24, 2.45) is 0 Å².